The molecular weight excluding hydrogens is 420 g/mol. The number of pyridine rings is 1. The molecule has 2 fully saturated rings. The molecule has 0 aromatic carbocycles. The molecule has 162 valence electrons. The normalized spacial score (nSPS) is 28.5. The second-order valence-electron chi connectivity index (χ2n) is 7.12. The number of rotatable bonds is 5. The number of fused-ring (bicyclic) bond motifs is 2. The van der Waals surface area contributed by atoms with Crippen molar-refractivity contribution in [2.75, 3.05) is 28.4 Å². The lowest BCUT2D eigenvalue weighted by Crippen LogP contribution is -2.60. The van der Waals surface area contributed by atoms with E-state index in [4.69, 9.17) is 30.5 Å². The molecule has 10 nitrogen and oxygen atoms in total. The van der Waals surface area contributed by atoms with E-state index in [0.29, 0.717) is 5.56 Å². The molecule has 1 N–H and O–H groups in total. The first-order valence-electron chi connectivity index (χ1n) is 8.96. The number of hydrogen-bond donors (Lipinski definition) is 1. The maximum Gasteiger partial charge on any atom is 0.326 e. The van der Waals surface area contributed by atoms with Gasteiger partial charge in [0.05, 0.1) is 34.4 Å². The van der Waals surface area contributed by atoms with Gasteiger partial charge in [-0.2, -0.15) is 0 Å². The molecule has 0 spiro atoms. The molecule has 30 heavy (non-hydrogen) atoms. The molecular formula is C19H21ClN2O8. The van der Waals surface area contributed by atoms with Crippen molar-refractivity contribution in [1.82, 2.24) is 10.3 Å². The first-order valence-corrected chi connectivity index (χ1v) is 9.34. The summed E-state index contributed by atoms with van der Waals surface area (Å²) in [4.78, 5) is 55.9. The Morgan fingerprint density at radius 3 is 2.07 bits per heavy atom. The van der Waals surface area contributed by atoms with E-state index in [9.17, 15) is 19.2 Å². The molecule has 1 aromatic rings. The third-order valence-electron chi connectivity index (χ3n) is 5.98. The number of carbonyl (C=O) groups is 4. The lowest BCUT2D eigenvalue weighted by atomic mass is 9.56. The van der Waals surface area contributed by atoms with E-state index in [1.165, 1.54) is 26.5 Å². The lowest BCUT2D eigenvalue weighted by molar-refractivity contribution is -0.176. The first-order chi connectivity index (χ1) is 14.2. The molecule has 3 heterocycles. The number of ether oxygens (including phenoxy) is 4. The molecule has 4 atom stereocenters. The van der Waals surface area contributed by atoms with E-state index in [1.807, 2.05) is 0 Å². The van der Waals surface area contributed by atoms with Crippen molar-refractivity contribution in [3.05, 3.63) is 29.0 Å². The average molecular weight is 441 g/mol. The fourth-order valence-electron chi connectivity index (χ4n) is 4.93. The fraction of sp³-hybridized carbons (Fsp3) is 0.526. The molecule has 2 saturated heterocycles. The van der Waals surface area contributed by atoms with Crippen molar-refractivity contribution >= 4 is 35.5 Å². The molecule has 11 heteroatoms. The van der Waals surface area contributed by atoms with Gasteiger partial charge >= 0.3 is 23.9 Å². The predicted molar refractivity (Wildman–Crippen MR) is 100 cm³/mol. The quantitative estimate of drug-likeness (QED) is 0.294. The number of nitrogens with one attached hydrogen (secondary N) is 1. The van der Waals surface area contributed by atoms with Crippen molar-refractivity contribution in [3.63, 3.8) is 0 Å². The van der Waals surface area contributed by atoms with E-state index in [2.05, 4.69) is 10.3 Å². The minimum absolute atomic E-state index is 0.0694. The minimum atomic E-state index is -2.08. The SMILES string of the molecule is COC(=O)[C@@H]1C[C@@]2(C(=O)OC)NC1C(C(=O)OC)(C(=O)OC)C2c1ccc(Cl)nc1. The highest BCUT2D eigenvalue weighted by molar-refractivity contribution is 6.29. The van der Waals surface area contributed by atoms with Crippen LogP contribution in [0.1, 0.15) is 17.9 Å². The summed E-state index contributed by atoms with van der Waals surface area (Å²) < 4.78 is 19.8. The second-order valence-corrected chi connectivity index (χ2v) is 7.51. The van der Waals surface area contributed by atoms with Gasteiger partial charge in [-0.15, -0.1) is 0 Å². The van der Waals surface area contributed by atoms with E-state index >= 15 is 0 Å². The summed E-state index contributed by atoms with van der Waals surface area (Å²) in [6.07, 6.45) is 1.29. The average Bonchev–Trinajstić information content (AvgIpc) is 3.31. The van der Waals surface area contributed by atoms with E-state index in [1.54, 1.807) is 6.07 Å². The maximum atomic E-state index is 13.2. The highest BCUT2D eigenvalue weighted by Gasteiger charge is 2.80. The Kier molecular flexibility index (Phi) is 5.74. The van der Waals surface area contributed by atoms with Crippen molar-refractivity contribution in [2.45, 2.75) is 23.9 Å². The third-order valence-corrected chi connectivity index (χ3v) is 6.20. The molecule has 3 rings (SSSR count). The van der Waals surface area contributed by atoms with Crippen LogP contribution in [-0.2, 0) is 38.1 Å². The van der Waals surface area contributed by atoms with Gasteiger partial charge in [0.15, 0.2) is 5.41 Å². The highest BCUT2D eigenvalue weighted by Crippen LogP contribution is 2.62. The van der Waals surface area contributed by atoms with Gasteiger partial charge in [0, 0.05) is 18.2 Å². The molecule has 0 aliphatic carbocycles. The van der Waals surface area contributed by atoms with Crippen molar-refractivity contribution in [3.8, 4) is 0 Å². The van der Waals surface area contributed by atoms with Gasteiger partial charge in [-0.25, -0.2) is 4.98 Å². The monoisotopic (exact) mass is 440 g/mol. The molecule has 0 radical (unpaired) electrons. The zero-order valence-electron chi connectivity index (χ0n) is 16.8. The van der Waals surface area contributed by atoms with Crippen LogP contribution >= 0.6 is 11.6 Å². The van der Waals surface area contributed by atoms with E-state index in [0.717, 1.165) is 14.2 Å². The van der Waals surface area contributed by atoms with Gasteiger partial charge < -0.3 is 18.9 Å². The molecule has 2 bridgehead atoms. The summed E-state index contributed by atoms with van der Waals surface area (Å²) in [7, 11) is 4.56. The van der Waals surface area contributed by atoms with Crippen LogP contribution in [0, 0.1) is 11.3 Å². The minimum Gasteiger partial charge on any atom is -0.469 e. The van der Waals surface area contributed by atoms with Gasteiger partial charge in [0.25, 0.3) is 0 Å². The van der Waals surface area contributed by atoms with Crippen LogP contribution in [0.2, 0.25) is 5.15 Å². The standard InChI is InChI=1S/C19H21ClN2O8/c1-27-14(23)10-7-18(15(24)28-2)12(9-5-6-11(20)21-8-9)19(13(10)22-18,16(25)29-3)17(26)30-4/h5-6,8,10,12-13,22H,7H2,1-4H3/t10-,12?,13?,18-/m1/s1. The summed E-state index contributed by atoms with van der Waals surface area (Å²) in [5.74, 6) is -5.54. The summed E-state index contributed by atoms with van der Waals surface area (Å²) in [6.45, 7) is 0. The van der Waals surface area contributed by atoms with Gasteiger partial charge in [0.1, 0.15) is 10.7 Å². The Labute approximate surface area is 177 Å². The summed E-state index contributed by atoms with van der Waals surface area (Å²) in [6, 6.07) is 1.86. The Balaban J connectivity index is 2.35. The number of halogens is 1. The Morgan fingerprint density at radius 2 is 1.60 bits per heavy atom. The molecule has 2 unspecified atom stereocenters. The van der Waals surface area contributed by atoms with Gasteiger partial charge in [-0.05, 0) is 18.1 Å². The highest BCUT2D eigenvalue weighted by atomic mass is 35.5. The van der Waals surface area contributed by atoms with Gasteiger partial charge in [-0.1, -0.05) is 17.7 Å². The van der Waals surface area contributed by atoms with Crippen molar-refractivity contribution in [1.29, 1.82) is 0 Å². The zero-order valence-corrected chi connectivity index (χ0v) is 17.5. The predicted octanol–water partition coefficient (Wildman–Crippen LogP) is 0.228. The molecule has 2 aliphatic rings. The Morgan fingerprint density at radius 1 is 1.00 bits per heavy atom. The van der Waals surface area contributed by atoms with E-state index in [-0.39, 0.29) is 11.6 Å². The smallest absolute Gasteiger partial charge is 0.326 e. The first kappa shape index (κ1) is 22.0. The molecule has 0 amide bonds. The number of nitrogens with zero attached hydrogens (tertiary/aromatic N) is 1. The number of hydrogen-bond acceptors (Lipinski definition) is 10. The fourth-order valence-corrected chi connectivity index (χ4v) is 5.04. The topological polar surface area (TPSA) is 130 Å². The molecule has 2 aliphatic heterocycles. The van der Waals surface area contributed by atoms with Crippen molar-refractivity contribution < 1.29 is 38.1 Å². The number of esters is 4. The third kappa shape index (κ3) is 2.78. The van der Waals surface area contributed by atoms with Crippen LogP contribution in [0.4, 0.5) is 0 Å². The van der Waals surface area contributed by atoms with Crippen molar-refractivity contribution in [2.24, 2.45) is 11.3 Å². The molecule has 1 aromatic heterocycles. The zero-order chi connectivity index (χ0) is 22.3. The largest absolute Gasteiger partial charge is 0.469 e. The number of aromatic nitrogens is 1. The summed E-state index contributed by atoms with van der Waals surface area (Å²) in [5, 5.41) is 3.18. The summed E-state index contributed by atoms with van der Waals surface area (Å²) in [5.41, 5.74) is -3.35. The van der Waals surface area contributed by atoms with Crippen LogP contribution in [0.15, 0.2) is 18.3 Å². The molecule has 0 saturated carbocycles. The van der Waals surface area contributed by atoms with Crippen LogP contribution in [-0.4, -0.2) is 68.9 Å². The lowest BCUT2D eigenvalue weighted by Gasteiger charge is -2.43. The van der Waals surface area contributed by atoms with Crippen LogP contribution in [0.25, 0.3) is 0 Å². The van der Waals surface area contributed by atoms with E-state index < -0.39 is 52.7 Å². The van der Waals surface area contributed by atoms with Crippen LogP contribution < -0.4 is 5.32 Å². The Hall–Kier alpha value is -2.72. The Bertz CT molecular complexity index is 873. The van der Waals surface area contributed by atoms with Gasteiger partial charge in [0.2, 0.25) is 0 Å². The number of methoxy groups -OCH3 is 4. The maximum absolute atomic E-state index is 13.2. The number of carbonyl (C=O) groups excluding carboxylic acids is 4. The van der Waals surface area contributed by atoms with Crippen LogP contribution in [0.3, 0.4) is 0 Å². The van der Waals surface area contributed by atoms with Crippen LogP contribution in [0.5, 0.6) is 0 Å². The second kappa shape index (κ2) is 7.84. The summed E-state index contributed by atoms with van der Waals surface area (Å²) >= 11 is 5.89. The van der Waals surface area contributed by atoms with Gasteiger partial charge in [-0.3, -0.25) is 24.5 Å².